The average Bonchev–Trinajstić information content (AvgIpc) is 3.33. The lowest BCUT2D eigenvalue weighted by molar-refractivity contribution is -0.121. The van der Waals surface area contributed by atoms with Crippen molar-refractivity contribution < 1.29 is 9.59 Å². The summed E-state index contributed by atoms with van der Waals surface area (Å²) in [5, 5.41) is 3.09. The van der Waals surface area contributed by atoms with Crippen LogP contribution in [0.25, 0.3) is 0 Å². The summed E-state index contributed by atoms with van der Waals surface area (Å²) >= 11 is 0. The Kier molecular flexibility index (Phi) is 8.58. The molecule has 6 nitrogen and oxygen atoms in total. The molecule has 1 atom stereocenters. The first-order chi connectivity index (χ1) is 16.2. The van der Waals surface area contributed by atoms with Gasteiger partial charge in [0.15, 0.2) is 0 Å². The second-order valence-corrected chi connectivity index (χ2v) is 10.4. The van der Waals surface area contributed by atoms with E-state index in [-0.39, 0.29) is 23.3 Å². The lowest BCUT2D eigenvalue weighted by Crippen LogP contribution is -2.43. The standard InChI is InChI=1S/C28H42N4O2/c1-7-24(31(8-2)9-3)26(33)30-23-12-10-20(11-13-23)21-14-16-32(17-15-21)27(34)22-18-25(29-19-22)28(4,5)6/h10-13,18-19,21,24,29H,7-9,14-17H2,1-6H3,(H,30,33). The van der Waals surface area contributed by atoms with Gasteiger partial charge < -0.3 is 15.2 Å². The van der Waals surface area contributed by atoms with Crippen LogP contribution < -0.4 is 5.32 Å². The number of piperidine rings is 1. The molecule has 2 aromatic rings. The number of likely N-dealkylation sites (N-methyl/N-ethyl adjacent to an activating group) is 1. The van der Waals surface area contributed by atoms with E-state index in [9.17, 15) is 9.59 Å². The molecule has 2 heterocycles. The summed E-state index contributed by atoms with van der Waals surface area (Å²) in [4.78, 5) is 33.2. The molecule has 0 saturated carbocycles. The van der Waals surface area contributed by atoms with Gasteiger partial charge in [0.2, 0.25) is 5.91 Å². The topological polar surface area (TPSA) is 68.4 Å². The van der Waals surface area contributed by atoms with Crippen LogP contribution in [0.1, 0.15) is 88.3 Å². The lowest BCUT2D eigenvalue weighted by atomic mass is 9.89. The number of hydrogen-bond donors (Lipinski definition) is 2. The number of nitrogens with one attached hydrogen (secondary N) is 2. The van der Waals surface area contributed by atoms with Gasteiger partial charge in [-0.2, -0.15) is 0 Å². The predicted molar refractivity (Wildman–Crippen MR) is 139 cm³/mol. The minimum atomic E-state index is -0.101. The van der Waals surface area contributed by atoms with Crippen molar-refractivity contribution in [3.8, 4) is 0 Å². The highest BCUT2D eigenvalue weighted by Gasteiger charge is 2.27. The van der Waals surface area contributed by atoms with Gasteiger partial charge in [0.25, 0.3) is 5.91 Å². The number of hydrogen-bond acceptors (Lipinski definition) is 3. The van der Waals surface area contributed by atoms with Crippen LogP contribution in [0.2, 0.25) is 0 Å². The van der Waals surface area contributed by atoms with E-state index in [1.165, 1.54) is 5.56 Å². The number of aromatic amines is 1. The Morgan fingerprint density at radius 1 is 1.09 bits per heavy atom. The molecule has 186 valence electrons. The summed E-state index contributed by atoms with van der Waals surface area (Å²) in [7, 11) is 0. The minimum absolute atomic E-state index is 0.00000789. The number of amides is 2. The highest BCUT2D eigenvalue weighted by atomic mass is 16.2. The molecule has 0 radical (unpaired) electrons. The molecule has 34 heavy (non-hydrogen) atoms. The highest BCUT2D eigenvalue weighted by Crippen LogP contribution is 2.30. The molecule has 2 amide bonds. The Morgan fingerprint density at radius 3 is 2.21 bits per heavy atom. The van der Waals surface area contributed by atoms with E-state index in [0.29, 0.717) is 5.92 Å². The molecule has 6 heteroatoms. The fourth-order valence-corrected chi connectivity index (χ4v) is 4.89. The van der Waals surface area contributed by atoms with E-state index in [4.69, 9.17) is 0 Å². The van der Waals surface area contributed by atoms with Crippen LogP contribution in [0.15, 0.2) is 36.5 Å². The Bertz CT molecular complexity index is 946. The zero-order chi connectivity index (χ0) is 24.9. The van der Waals surface area contributed by atoms with Crippen LogP contribution in [0, 0.1) is 0 Å². The molecule has 1 saturated heterocycles. The number of carbonyl (C=O) groups excluding carboxylic acids is 2. The maximum Gasteiger partial charge on any atom is 0.255 e. The van der Waals surface area contributed by atoms with Crippen molar-refractivity contribution in [3.05, 3.63) is 53.3 Å². The van der Waals surface area contributed by atoms with Crippen LogP contribution >= 0.6 is 0 Å². The van der Waals surface area contributed by atoms with Crippen molar-refractivity contribution in [2.45, 2.75) is 78.2 Å². The van der Waals surface area contributed by atoms with Crippen LogP contribution in [0.4, 0.5) is 5.69 Å². The molecule has 1 aliphatic heterocycles. The smallest absolute Gasteiger partial charge is 0.255 e. The monoisotopic (exact) mass is 466 g/mol. The third kappa shape index (κ3) is 6.09. The van der Waals surface area contributed by atoms with Crippen molar-refractivity contribution in [2.75, 3.05) is 31.5 Å². The molecule has 3 rings (SSSR count). The van der Waals surface area contributed by atoms with Crippen molar-refractivity contribution >= 4 is 17.5 Å². The van der Waals surface area contributed by atoms with Crippen molar-refractivity contribution in [1.29, 1.82) is 0 Å². The fraction of sp³-hybridized carbons (Fsp3) is 0.571. The highest BCUT2D eigenvalue weighted by molar-refractivity contribution is 5.95. The number of nitrogens with zero attached hydrogens (tertiary/aromatic N) is 2. The molecule has 2 N–H and O–H groups in total. The van der Waals surface area contributed by atoms with Crippen molar-refractivity contribution in [1.82, 2.24) is 14.8 Å². The van der Waals surface area contributed by atoms with Gasteiger partial charge >= 0.3 is 0 Å². The van der Waals surface area contributed by atoms with Crippen molar-refractivity contribution in [2.24, 2.45) is 0 Å². The number of aromatic nitrogens is 1. The van der Waals surface area contributed by atoms with Crippen LogP contribution in [-0.4, -0.2) is 58.8 Å². The normalized spacial score (nSPS) is 16.0. The van der Waals surface area contributed by atoms with E-state index in [2.05, 4.69) is 68.9 Å². The zero-order valence-electron chi connectivity index (χ0n) is 21.8. The Labute approximate surface area is 205 Å². The van der Waals surface area contributed by atoms with Crippen LogP contribution in [0.3, 0.4) is 0 Å². The van der Waals surface area contributed by atoms with Crippen LogP contribution in [0.5, 0.6) is 0 Å². The largest absolute Gasteiger partial charge is 0.364 e. The lowest BCUT2D eigenvalue weighted by Gasteiger charge is -2.32. The van der Waals surface area contributed by atoms with E-state index in [0.717, 1.165) is 62.4 Å². The number of benzene rings is 1. The quantitative estimate of drug-likeness (QED) is 0.548. The summed E-state index contributed by atoms with van der Waals surface area (Å²) in [6.45, 7) is 15.9. The van der Waals surface area contributed by atoms with Gasteiger partial charge in [0.05, 0.1) is 11.6 Å². The van der Waals surface area contributed by atoms with Crippen molar-refractivity contribution in [3.63, 3.8) is 0 Å². The second kappa shape index (κ2) is 11.2. The van der Waals surface area contributed by atoms with Gasteiger partial charge in [-0.25, -0.2) is 0 Å². The molecule has 1 unspecified atom stereocenters. The third-order valence-electron chi connectivity index (χ3n) is 7.11. The fourth-order valence-electron chi connectivity index (χ4n) is 4.89. The van der Waals surface area contributed by atoms with Gasteiger partial charge in [0, 0.05) is 36.1 Å². The molecular formula is C28H42N4O2. The predicted octanol–water partition coefficient (Wildman–Crippen LogP) is 5.39. The molecule has 1 aliphatic rings. The Morgan fingerprint density at radius 2 is 1.71 bits per heavy atom. The maximum absolute atomic E-state index is 13.0. The SMILES string of the molecule is CCC(C(=O)Nc1ccc(C2CCN(C(=O)c3c[nH]c(C(C)(C)C)c3)CC2)cc1)N(CC)CC. The van der Waals surface area contributed by atoms with Gasteiger partial charge in [-0.05, 0) is 62.0 Å². The first kappa shape index (κ1) is 26.0. The summed E-state index contributed by atoms with van der Waals surface area (Å²) in [6.07, 6.45) is 4.54. The van der Waals surface area contributed by atoms with Gasteiger partial charge in [-0.3, -0.25) is 14.5 Å². The summed E-state index contributed by atoms with van der Waals surface area (Å²) in [6, 6.07) is 10.2. The number of likely N-dealkylation sites (tertiary alicyclic amines) is 1. The Balaban J connectivity index is 1.55. The van der Waals surface area contributed by atoms with Crippen LogP contribution in [-0.2, 0) is 10.2 Å². The molecule has 1 aromatic carbocycles. The molecular weight excluding hydrogens is 424 g/mol. The zero-order valence-corrected chi connectivity index (χ0v) is 21.8. The average molecular weight is 467 g/mol. The van der Waals surface area contributed by atoms with E-state index in [1.54, 1.807) is 0 Å². The molecule has 1 fully saturated rings. The number of H-pyrrole nitrogens is 1. The molecule has 0 bridgehead atoms. The molecule has 0 spiro atoms. The first-order valence-corrected chi connectivity index (χ1v) is 12.8. The second-order valence-electron chi connectivity index (χ2n) is 10.4. The molecule has 0 aliphatic carbocycles. The maximum atomic E-state index is 13.0. The summed E-state index contributed by atoms with van der Waals surface area (Å²) in [5.74, 6) is 0.608. The van der Waals surface area contributed by atoms with Gasteiger partial charge in [-0.15, -0.1) is 0 Å². The minimum Gasteiger partial charge on any atom is -0.364 e. The summed E-state index contributed by atoms with van der Waals surface area (Å²) in [5.41, 5.74) is 3.95. The van der Waals surface area contributed by atoms with E-state index >= 15 is 0 Å². The molecule has 1 aromatic heterocycles. The summed E-state index contributed by atoms with van der Waals surface area (Å²) < 4.78 is 0. The number of rotatable bonds is 8. The first-order valence-electron chi connectivity index (χ1n) is 12.8. The third-order valence-corrected chi connectivity index (χ3v) is 7.11. The van der Waals surface area contributed by atoms with E-state index in [1.807, 2.05) is 29.3 Å². The van der Waals surface area contributed by atoms with Gasteiger partial charge in [0.1, 0.15) is 0 Å². The van der Waals surface area contributed by atoms with E-state index < -0.39 is 0 Å². The number of carbonyl (C=O) groups is 2. The number of anilines is 1. The Hall–Kier alpha value is -2.60. The van der Waals surface area contributed by atoms with Gasteiger partial charge in [-0.1, -0.05) is 53.7 Å².